The van der Waals surface area contributed by atoms with Crippen molar-refractivity contribution in [3.63, 3.8) is 0 Å². The molecule has 8 heteroatoms. The lowest BCUT2D eigenvalue weighted by molar-refractivity contribution is -0.137. The number of fused-ring (bicyclic) bond motifs is 1. The van der Waals surface area contributed by atoms with Crippen LogP contribution in [0.25, 0.3) is 0 Å². The fourth-order valence-corrected chi connectivity index (χ4v) is 2.57. The van der Waals surface area contributed by atoms with Gasteiger partial charge in [0, 0.05) is 6.92 Å². The Morgan fingerprint density at radius 3 is 2.62 bits per heavy atom. The highest BCUT2D eigenvalue weighted by Crippen LogP contribution is 2.41. The Kier molecular flexibility index (Phi) is 3.58. The topological polar surface area (TPSA) is 55.6 Å². The number of halogens is 3. The number of aromatic nitrogens is 1. The minimum absolute atomic E-state index is 0.0357. The number of carbonyl (C=O) groups excluding carboxylic acids is 1. The highest BCUT2D eigenvalue weighted by Gasteiger charge is 2.39. The molecule has 0 fully saturated rings. The minimum atomic E-state index is -4.51. The monoisotopic (exact) mass is 340 g/mol. The number of amides is 1. The first-order valence-electron chi connectivity index (χ1n) is 7.21. The first-order valence-corrected chi connectivity index (χ1v) is 7.21. The lowest BCUT2D eigenvalue weighted by atomic mass is 10.0. The van der Waals surface area contributed by atoms with Crippen LogP contribution in [0.5, 0.6) is 5.75 Å². The van der Waals surface area contributed by atoms with E-state index in [-0.39, 0.29) is 23.7 Å². The molecule has 1 aromatic carbocycles. The summed E-state index contributed by atoms with van der Waals surface area (Å²) in [5.74, 6) is -0.0215. The van der Waals surface area contributed by atoms with Gasteiger partial charge in [0.25, 0.3) is 5.91 Å². The van der Waals surface area contributed by atoms with Crippen LogP contribution in [0.3, 0.4) is 0 Å². The van der Waals surface area contributed by atoms with Crippen molar-refractivity contribution >= 4 is 11.6 Å². The molecule has 1 aliphatic heterocycles. The van der Waals surface area contributed by atoms with Gasteiger partial charge in [-0.15, -0.1) is 0 Å². The van der Waals surface area contributed by atoms with Gasteiger partial charge in [-0.3, -0.25) is 9.69 Å². The summed E-state index contributed by atoms with van der Waals surface area (Å²) in [6, 6.07) is 3.08. The molecule has 0 atom stereocenters. The number of hydrogen-bond donors (Lipinski definition) is 0. The fraction of sp³-hybridized carbons (Fsp3) is 0.375. The van der Waals surface area contributed by atoms with E-state index in [0.29, 0.717) is 5.89 Å². The van der Waals surface area contributed by atoms with Crippen LogP contribution in [0.4, 0.5) is 18.9 Å². The number of rotatable bonds is 1. The molecule has 1 aromatic heterocycles. The maximum atomic E-state index is 13.0. The first-order chi connectivity index (χ1) is 11.1. The van der Waals surface area contributed by atoms with Gasteiger partial charge < -0.3 is 9.15 Å². The van der Waals surface area contributed by atoms with Crippen LogP contribution in [-0.2, 0) is 6.18 Å². The smallest absolute Gasteiger partial charge is 0.416 e. The predicted octanol–water partition coefficient (Wildman–Crippen LogP) is 3.82. The third kappa shape index (κ3) is 2.95. The summed E-state index contributed by atoms with van der Waals surface area (Å²) in [6.07, 6.45) is -3.32. The molecule has 2 aromatic rings. The highest BCUT2D eigenvalue weighted by molar-refractivity contribution is 6.06. The third-order valence-corrected chi connectivity index (χ3v) is 3.59. The molecule has 1 aliphatic rings. The van der Waals surface area contributed by atoms with Gasteiger partial charge >= 0.3 is 6.18 Å². The molecule has 24 heavy (non-hydrogen) atoms. The maximum Gasteiger partial charge on any atom is 0.416 e. The first kappa shape index (κ1) is 16.4. The number of benzene rings is 1. The van der Waals surface area contributed by atoms with Crippen LogP contribution < -0.4 is 9.64 Å². The van der Waals surface area contributed by atoms with Crippen LogP contribution in [0, 0.1) is 6.92 Å². The molecule has 0 radical (unpaired) electrons. The van der Waals surface area contributed by atoms with Gasteiger partial charge in [-0.05, 0) is 32.0 Å². The van der Waals surface area contributed by atoms with Crippen molar-refractivity contribution in [2.45, 2.75) is 32.5 Å². The highest BCUT2D eigenvalue weighted by atomic mass is 19.4. The van der Waals surface area contributed by atoms with Crippen molar-refractivity contribution in [2.75, 3.05) is 11.4 Å². The number of alkyl halides is 3. The van der Waals surface area contributed by atoms with E-state index in [1.807, 2.05) is 0 Å². The van der Waals surface area contributed by atoms with E-state index in [1.54, 1.807) is 20.8 Å². The summed E-state index contributed by atoms with van der Waals surface area (Å²) < 4.78 is 49.7. The van der Waals surface area contributed by atoms with Crippen LogP contribution >= 0.6 is 0 Å². The lowest BCUT2D eigenvalue weighted by Crippen LogP contribution is -2.49. The van der Waals surface area contributed by atoms with Crippen molar-refractivity contribution in [3.8, 4) is 5.75 Å². The predicted molar refractivity (Wildman–Crippen MR) is 79.1 cm³/mol. The number of hydrogen-bond acceptors (Lipinski definition) is 4. The molecule has 128 valence electrons. The van der Waals surface area contributed by atoms with Gasteiger partial charge in [0.2, 0.25) is 0 Å². The molecule has 0 unspecified atom stereocenters. The van der Waals surface area contributed by atoms with Gasteiger partial charge in [0.05, 0.1) is 17.8 Å². The average molecular weight is 340 g/mol. The SMILES string of the molecule is Cc1nc(C(=O)N2CC(C)(C)Oc3ccc(C(F)(F)F)cc32)co1. The zero-order valence-corrected chi connectivity index (χ0v) is 13.3. The quantitative estimate of drug-likeness (QED) is 0.792. The van der Waals surface area contributed by atoms with Gasteiger partial charge in [-0.2, -0.15) is 13.2 Å². The van der Waals surface area contributed by atoms with Crippen LogP contribution in [0.15, 0.2) is 28.9 Å². The van der Waals surface area contributed by atoms with Crippen molar-refractivity contribution in [1.29, 1.82) is 0 Å². The Hall–Kier alpha value is -2.51. The number of nitrogens with zero attached hydrogens (tertiary/aromatic N) is 2. The number of carbonyl (C=O) groups is 1. The van der Waals surface area contributed by atoms with E-state index in [9.17, 15) is 18.0 Å². The Labute approximate surface area is 136 Å². The molecule has 0 saturated heterocycles. The molecule has 0 saturated carbocycles. The van der Waals surface area contributed by atoms with Crippen molar-refractivity contribution in [3.05, 3.63) is 41.6 Å². The van der Waals surface area contributed by atoms with Crippen molar-refractivity contribution < 1.29 is 27.1 Å². The molecule has 0 N–H and O–H groups in total. The van der Waals surface area contributed by atoms with Crippen molar-refractivity contribution in [2.24, 2.45) is 0 Å². The summed E-state index contributed by atoms with van der Waals surface area (Å²) in [6.45, 7) is 5.17. The average Bonchev–Trinajstić information content (AvgIpc) is 2.90. The largest absolute Gasteiger partial charge is 0.484 e. The molecule has 3 rings (SSSR count). The van der Waals surface area contributed by atoms with Gasteiger partial charge in [0.15, 0.2) is 11.6 Å². The van der Waals surface area contributed by atoms with Gasteiger partial charge in [-0.1, -0.05) is 0 Å². The third-order valence-electron chi connectivity index (χ3n) is 3.59. The summed E-state index contributed by atoms with van der Waals surface area (Å²) in [5, 5.41) is 0. The molecular formula is C16H15F3N2O3. The zero-order chi connectivity index (χ0) is 17.7. The molecular weight excluding hydrogens is 325 g/mol. The van der Waals surface area contributed by atoms with Crippen LogP contribution in [-0.4, -0.2) is 23.0 Å². The molecule has 2 heterocycles. The van der Waals surface area contributed by atoms with Crippen LogP contribution in [0.2, 0.25) is 0 Å². The fourth-order valence-electron chi connectivity index (χ4n) is 2.57. The second-order valence-corrected chi connectivity index (χ2v) is 6.19. The van der Waals surface area contributed by atoms with E-state index in [2.05, 4.69) is 4.98 Å². The standard InChI is InChI=1S/C16H15F3N2O3/c1-9-20-11(7-23-9)14(22)21-8-15(2,3)24-13-5-4-10(6-12(13)21)16(17,18)19/h4-7H,8H2,1-3H3. The second kappa shape index (κ2) is 5.25. The molecule has 0 bridgehead atoms. The summed E-state index contributed by atoms with van der Waals surface area (Å²) >= 11 is 0. The number of aryl methyl sites for hydroxylation is 1. The normalized spacial score (nSPS) is 16.5. The number of ether oxygens (including phenoxy) is 1. The van der Waals surface area contributed by atoms with Gasteiger partial charge in [-0.25, -0.2) is 4.98 Å². The Bertz CT molecular complexity index is 796. The molecule has 0 spiro atoms. The van der Waals surface area contributed by atoms with Gasteiger partial charge in [0.1, 0.15) is 17.6 Å². The molecule has 1 amide bonds. The summed E-state index contributed by atoms with van der Waals surface area (Å²) in [4.78, 5) is 17.9. The Morgan fingerprint density at radius 1 is 1.33 bits per heavy atom. The van der Waals surface area contributed by atoms with E-state index in [1.165, 1.54) is 17.2 Å². The molecule has 5 nitrogen and oxygen atoms in total. The second-order valence-electron chi connectivity index (χ2n) is 6.19. The van der Waals surface area contributed by atoms with Crippen LogP contribution in [0.1, 0.15) is 35.8 Å². The number of oxazole rings is 1. The van der Waals surface area contributed by atoms with E-state index < -0.39 is 23.2 Å². The minimum Gasteiger partial charge on any atom is -0.484 e. The number of anilines is 1. The molecule has 0 aliphatic carbocycles. The van der Waals surface area contributed by atoms with E-state index in [4.69, 9.17) is 9.15 Å². The van der Waals surface area contributed by atoms with E-state index in [0.717, 1.165) is 12.1 Å². The zero-order valence-electron chi connectivity index (χ0n) is 13.3. The Balaban J connectivity index is 2.08. The summed E-state index contributed by atoms with van der Waals surface area (Å²) in [5.41, 5.74) is -1.50. The maximum absolute atomic E-state index is 13.0. The van der Waals surface area contributed by atoms with E-state index >= 15 is 0 Å². The van der Waals surface area contributed by atoms with Crippen molar-refractivity contribution in [1.82, 2.24) is 4.98 Å². The summed E-state index contributed by atoms with van der Waals surface area (Å²) in [7, 11) is 0. The lowest BCUT2D eigenvalue weighted by Gasteiger charge is -2.39. The Morgan fingerprint density at radius 2 is 2.04 bits per heavy atom.